The molecule has 0 radical (unpaired) electrons. The second-order valence-corrected chi connectivity index (χ2v) is 11.4. The summed E-state index contributed by atoms with van der Waals surface area (Å²) < 4.78 is 26.4. The minimum atomic E-state index is -3.96. The van der Waals surface area contributed by atoms with Gasteiger partial charge in [0, 0.05) is 25.0 Å². The molecular weight excluding hydrogens is 557 g/mol. The molecular formula is C26H26Cl3N3O4S. The average molecular weight is 583 g/mol. The van der Waals surface area contributed by atoms with Gasteiger partial charge in [0.25, 0.3) is 0 Å². The average Bonchev–Trinajstić information content (AvgIpc) is 2.87. The van der Waals surface area contributed by atoms with Gasteiger partial charge in [-0.25, -0.2) is 8.42 Å². The topological polar surface area (TPSA) is 86.8 Å². The minimum Gasteiger partial charge on any atom is -0.357 e. The molecule has 196 valence electrons. The van der Waals surface area contributed by atoms with Crippen LogP contribution in [-0.2, 0) is 32.6 Å². The van der Waals surface area contributed by atoms with Gasteiger partial charge in [0.1, 0.15) is 12.6 Å². The Morgan fingerprint density at radius 3 is 2.14 bits per heavy atom. The molecule has 0 heterocycles. The third-order valence-corrected chi connectivity index (χ3v) is 8.00. The van der Waals surface area contributed by atoms with Gasteiger partial charge in [-0.15, -0.1) is 0 Å². The first kappa shape index (κ1) is 28.8. The van der Waals surface area contributed by atoms with Gasteiger partial charge < -0.3 is 10.2 Å². The van der Waals surface area contributed by atoms with E-state index in [4.69, 9.17) is 34.8 Å². The number of nitrogens with zero attached hydrogens (tertiary/aromatic N) is 2. The van der Waals surface area contributed by atoms with Gasteiger partial charge >= 0.3 is 0 Å². The molecule has 1 N–H and O–H groups in total. The van der Waals surface area contributed by atoms with E-state index >= 15 is 0 Å². The second-order valence-electron chi connectivity index (χ2n) is 8.28. The third-order valence-electron chi connectivity index (χ3n) is 5.70. The van der Waals surface area contributed by atoms with E-state index in [9.17, 15) is 18.0 Å². The molecule has 3 aromatic carbocycles. The van der Waals surface area contributed by atoms with Crippen molar-refractivity contribution >= 4 is 62.3 Å². The first-order chi connectivity index (χ1) is 17.5. The summed E-state index contributed by atoms with van der Waals surface area (Å²) in [5.74, 6) is -1.03. The molecule has 7 nitrogen and oxygen atoms in total. The maximum atomic E-state index is 13.9. The number of carbonyl (C=O) groups is 2. The van der Waals surface area contributed by atoms with Crippen molar-refractivity contribution in [1.82, 2.24) is 10.2 Å². The molecule has 0 bridgehead atoms. The lowest BCUT2D eigenvalue weighted by atomic mass is 10.0. The van der Waals surface area contributed by atoms with E-state index in [1.165, 1.54) is 30.1 Å². The highest BCUT2D eigenvalue weighted by Gasteiger charge is 2.33. The molecule has 0 fully saturated rings. The maximum absolute atomic E-state index is 13.9. The molecule has 0 aliphatic carbocycles. The van der Waals surface area contributed by atoms with Crippen LogP contribution in [-0.4, -0.2) is 51.0 Å². The molecule has 0 spiro atoms. The van der Waals surface area contributed by atoms with Gasteiger partial charge in [-0.05, 0) is 29.3 Å². The Morgan fingerprint density at radius 1 is 0.892 bits per heavy atom. The summed E-state index contributed by atoms with van der Waals surface area (Å²) in [5, 5.41) is 3.16. The summed E-state index contributed by atoms with van der Waals surface area (Å²) >= 11 is 18.8. The maximum Gasteiger partial charge on any atom is 0.244 e. The first-order valence-corrected chi connectivity index (χ1v) is 14.2. The number of halogens is 3. The minimum absolute atomic E-state index is 0.00724. The SMILES string of the molecule is CNC(=O)[C@@H](Cc1ccccc1)N(Cc1ccccc1Cl)C(=O)CN(c1cccc(Cl)c1Cl)S(C)(=O)=O. The van der Waals surface area contributed by atoms with E-state index in [2.05, 4.69) is 5.32 Å². The Balaban J connectivity index is 2.07. The lowest BCUT2D eigenvalue weighted by Gasteiger charge is -2.33. The van der Waals surface area contributed by atoms with Gasteiger partial charge in [-0.1, -0.05) is 89.4 Å². The summed E-state index contributed by atoms with van der Waals surface area (Å²) in [6.45, 7) is -0.629. The normalized spacial score (nSPS) is 12.0. The van der Waals surface area contributed by atoms with Crippen molar-refractivity contribution in [2.24, 2.45) is 0 Å². The number of anilines is 1. The van der Waals surface area contributed by atoms with Crippen LogP contribution in [0.3, 0.4) is 0 Å². The van der Waals surface area contributed by atoms with Crippen LogP contribution >= 0.6 is 34.8 Å². The molecule has 0 aliphatic rings. The number of nitrogens with one attached hydrogen (secondary N) is 1. The lowest BCUT2D eigenvalue weighted by molar-refractivity contribution is -0.139. The largest absolute Gasteiger partial charge is 0.357 e. The summed E-state index contributed by atoms with van der Waals surface area (Å²) in [5.41, 5.74) is 1.49. The zero-order valence-electron chi connectivity index (χ0n) is 20.2. The quantitative estimate of drug-likeness (QED) is 0.372. The molecule has 0 unspecified atom stereocenters. The van der Waals surface area contributed by atoms with Gasteiger partial charge in [-0.3, -0.25) is 13.9 Å². The van der Waals surface area contributed by atoms with E-state index in [0.717, 1.165) is 16.1 Å². The molecule has 11 heteroatoms. The Bertz CT molecular complexity index is 1370. The smallest absolute Gasteiger partial charge is 0.244 e. The molecule has 1 atom stereocenters. The Kier molecular flexibility index (Phi) is 9.84. The number of benzene rings is 3. The van der Waals surface area contributed by atoms with Crippen LogP contribution in [0.5, 0.6) is 0 Å². The van der Waals surface area contributed by atoms with Gasteiger partial charge in [0.2, 0.25) is 21.8 Å². The summed E-state index contributed by atoms with van der Waals surface area (Å²) in [4.78, 5) is 28.3. The van der Waals surface area contributed by atoms with Crippen molar-refractivity contribution in [3.63, 3.8) is 0 Å². The fraction of sp³-hybridized carbons (Fsp3) is 0.231. The number of rotatable bonds is 10. The molecule has 2 amide bonds. The summed E-state index contributed by atoms with van der Waals surface area (Å²) in [6, 6.07) is 19.7. The Hall–Kier alpha value is -2.78. The van der Waals surface area contributed by atoms with Crippen molar-refractivity contribution in [2.45, 2.75) is 19.0 Å². The van der Waals surface area contributed by atoms with E-state index in [1.54, 1.807) is 24.3 Å². The standard InChI is InChI=1S/C26H26Cl3N3O4S/c1-30-26(34)23(15-18-9-4-3-5-10-18)31(16-19-11-6-7-12-20(19)27)24(33)17-32(37(2,35)36)22-14-8-13-21(28)25(22)29/h3-14,23H,15-17H2,1-2H3,(H,30,34)/t23-/m1/s1. The van der Waals surface area contributed by atoms with Gasteiger partial charge in [0.15, 0.2) is 0 Å². The number of carbonyl (C=O) groups excluding carboxylic acids is 2. The summed E-state index contributed by atoms with van der Waals surface area (Å²) in [6.07, 6.45) is 1.17. The fourth-order valence-electron chi connectivity index (χ4n) is 3.81. The highest BCUT2D eigenvalue weighted by Crippen LogP contribution is 2.34. The number of likely N-dealkylation sites (N-methyl/N-ethyl adjacent to an activating group) is 1. The van der Waals surface area contributed by atoms with Crippen molar-refractivity contribution in [3.05, 3.63) is 99.0 Å². The monoisotopic (exact) mass is 581 g/mol. The molecule has 0 saturated heterocycles. The van der Waals surface area contributed by atoms with Crippen molar-refractivity contribution in [3.8, 4) is 0 Å². The zero-order valence-corrected chi connectivity index (χ0v) is 23.3. The van der Waals surface area contributed by atoms with Crippen LogP contribution in [0.25, 0.3) is 0 Å². The molecule has 3 rings (SSSR count). The molecule has 37 heavy (non-hydrogen) atoms. The number of hydrogen-bond donors (Lipinski definition) is 1. The Labute approximate surface area is 232 Å². The van der Waals surface area contributed by atoms with Crippen LogP contribution in [0.4, 0.5) is 5.69 Å². The highest BCUT2D eigenvalue weighted by molar-refractivity contribution is 7.92. The van der Waals surface area contributed by atoms with E-state index < -0.39 is 34.4 Å². The van der Waals surface area contributed by atoms with Gasteiger partial charge in [-0.2, -0.15) is 0 Å². The van der Waals surface area contributed by atoms with Crippen LogP contribution in [0.2, 0.25) is 15.1 Å². The number of sulfonamides is 1. The zero-order chi connectivity index (χ0) is 27.2. The van der Waals surface area contributed by atoms with Gasteiger partial charge in [0.05, 0.1) is 22.0 Å². The second kappa shape index (κ2) is 12.6. The van der Waals surface area contributed by atoms with Crippen LogP contribution in [0.1, 0.15) is 11.1 Å². The van der Waals surface area contributed by atoms with E-state index in [0.29, 0.717) is 10.6 Å². The first-order valence-electron chi connectivity index (χ1n) is 11.2. The van der Waals surface area contributed by atoms with E-state index in [1.807, 2.05) is 30.3 Å². The lowest BCUT2D eigenvalue weighted by Crippen LogP contribution is -2.53. The molecule has 3 aromatic rings. The third kappa shape index (κ3) is 7.38. The van der Waals surface area contributed by atoms with Crippen LogP contribution in [0.15, 0.2) is 72.8 Å². The Morgan fingerprint density at radius 2 is 1.51 bits per heavy atom. The van der Waals surface area contributed by atoms with Crippen molar-refractivity contribution < 1.29 is 18.0 Å². The number of amides is 2. The van der Waals surface area contributed by atoms with Crippen LogP contribution < -0.4 is 9.62 Å². The molecule has 0 saturated carbocycles. The molecule has 0 aromatic heterocycles. The van der Waals surface area contributed by atoms with Crippen molar-refractivity contribution in [2.75, 3.05) is 24.2 Å². The van der Waals surface area contributed by atoms with Crippen molar-refractivity contribution in [1.29, 1.82) is 0 Å². The highest BCUT2D eigenvalue weighted by atomic mass is 35.5. The summed E-state index contributed by atoms with van der Waals surface area (Å²) in [7, 11) is -2.48. The van der Waals surface area contributed by atoms with Crippen LogP contribution in [0, 0.1) is 0 Å². The predicted octanol–water partition coefficient (Wildman–Crippen LogP) is 4.80. The van der Waals surface area contributed by atoms with E-state index in [-0.39, 0.29) is 28.7 Å². The fourth-order valence-corrected chi connectivity index (χ4v) is 5.31. The number of hydrogen-bond acceptors (Lipinski definition) is 4. The molecule has 0 aliphatic heterocycles. The predicted molar refractivity (Wildman–Crippen MR) is 149 cm³/mol.